The fourth-order valence-corrected chi connectivity index (χ4v) is 9.05. The minimum absolute atomic E-state index is 0.600. The third-order valence-corrected chi connectivity index (χ3v) is 10.6. The monoisotopic (exact) mass is 384 g/mol. The first-order valence-corrected chi connectivity index (χ1v) is 13.0. The lowest BCUT2D eigenvalue weighted by Gasteiger charge is -2.58. The van der Waals surface area contributed by atoms with Gasteiger partial charge >= 0.3 is 0 Å². The molecule has 28 heavy (non-hydrogen) atoms. The second-order valence-corrected chi connectivity index (χ2v) is 12.6. The zero-order valence-corrected chi connectivity index (χ0v) is 19.9. The van der Waals surface area contributed by atoms with E-state index in [0.29, 0.717) is 10.8 Å². The van der Waals surface area contributed by atoms with Crippen LogP contribution in [0.5, 0.6) is 0 Å². The van der Waals surface area contributed by atoms with Gasteiger partial charge in [-0.2, -0.15) is 0 Å². The lowest BCUT2D eigenvalue weighted by Crippen LogP contribution is -2.50. The molecule has 0 aromatic carbocycles. The largest absolute Gasteiger partial charge is 0.0844 e. The van der Waals surface area contributed by atoms with Gasteiger partial charge in [-0.05, 0) is 90.8 Å². The van der Waals surface area contributed by atoms with Crippen molar-refractivity contribution in [3.05, 3.63) is 11.6 Å². The molecule has 0 bridgehead atoms. The van der Waals surface area contributed by atoms with E-state index in [0.717, 1.165) is 41.4 Å². The Morgan fingerprint density at radius 1 is 0.929 bits per heavy atom. The molecular weight excluding hydrogens is 336 g/mol. The van der Waals surface area contributed by atoms with E-state index in [1.54, 1.807) is 0 Å². The van der Waals surface area contributed by atoms with Crippen LogP contribution >= 0.6 is 0 Å². The summed E-state index contributed by atoms with van der Waals surface area (Å²) in [5, 5.41) is 0. The molecule has 0 heterocycles. The van der Waals surface area contributed by atoms with Gasteiger partial charge in [0.2, 0.25) is 0 Å². The number of allylic oxidation sites excluding steroid dienone is 2. The van der Waals surface area contributed by atoms with E-state index in [1.807, 2.05) is 5.57 Å². The Kier molecular flexibility index (Phi) is 5.83. The van der Waals surface area contributed by atoms with Crippen LogP contribution in [0.4, 0.5) is 0 Å². The summed E-state index contributed by atoms with van der Waals surface area (Å²) in [7, 11) is 0. The van der Waals surface area contributed by atoms with E-state index < -0.39 is 0 Å². The summed E-state index contributed by atoms with van der Waals surface area (Å²) in [5.41, 5.74) is 3.17. The number of hydrogen-bond acceptors (Lipinski definition) is 0. The van der Waals surface area contributed by atoms with Crippen LogP contribution < -0.4 is 0 Å². The highest BCUT2D eigenvalue weighted by molar-refractivity contribution is 5.27. The standard InChI is InChI=1S/C28H48/c1-19(2)9-7-10-20(3)24-14-15-25-22-12-13-23-21(4)11-8-17-27(23,5)26(22)16-18-28(24,25)6/h12,19-21,23-26H,7-11,13-18H2,1-6H3/t20-,21+,23+,24-,25+,26+,27+,28-/m1/s1. The van der Waals surface area contributed by atoms with Crippen molar-refractivity contribution >= 4 is 0 Å². The van der Waals surface area contributed by atoms with Crippen LogP contribution in [0.25, 0.3) is 0 Å². The van der Waals surface area contributed by atoms with Gasteiger partial charge in [0, 0.05) is 0 Å². The van der Waals surface area contributed by atoms with Crippen LogP contribution in [0.2, 0.25) is 0 Å². The van der Waals surface area contributed by atoms with Crippen molar-refractivity contribution in [1.82, 2.24) is 0 Å². The molecule has 0 heteroatoms. The normalized spacial score (nSPS) is 46.5. The molecule has 0 N–H and O–H groups in total. The van der Waals surface area contributed by atoms with E-state index in [4.69, 9.17) is 0 Å². The Hall–Kier alpha value is -0.260. The number of fused-ring (bicyclic) bond motifs is 5. The molecule has 3 fully saturated rings. The molecular formula is C28H48. The zero-order valence-electron chi connectivity index (χ0n) is 19.9. The average Bonchev–Trinajstić information content (AvgIpc) is 2.98. The summed E-state index contributed by atoms with van der Waals surface area (Å²) in [5.74, 6) is 6.51. The van der Waals surface area contributed by atoms with Crippen molar-refractivity contribution in [3.63, 3.8) is 0 Å². The summed E-state index contributed by atoms with van der Waals surface area (Å²) < 4.78 is 0. The van der Waals surface area contributed by atoms with E-state index in [-0.39, 0.29) is 0 Å². The van der Waals surface area contributed by atoms with Crippen molar-refractivity contribution in [2.24, 2.45) is 52.3 Å². The summed E-state index contributed by atoms with van der Waals surface area (Å²) in [6, 6.07) is 0. The van der Waals surface area contributed by atoms with Crippen LogP contribution in [-0.4, -0.2) is 0 Å². The van der Waals surface area contributed by atoms with Gasteiger partial charge in [-0.15, -0.1) is 0 Å². The van der Waals surface area contributed by atoms with E-state index in [1.165, 1.54) is 70.6 Å². The maximum absolute atomic E-state index is 2.80. The van der Waals surface area contributed by atoms with Gasteiger partial charge in [-0.25, -0.2) is 0 Å². The van der Waals surface area contributed by atoms with Crippen molar-refractivity contribution < 1.29 is 0 Å². The Balaban J connectivity index is 1.51. The molecule has 0 aromatic heterocycles. The Morgan fingerprint density at radius 2 is 1.68 bits per heavy atom. The molecule has 4 aliphatic carbocycles. The van der Waals surface area contributed by atoms with E-state index in [9.17, 15) is 0 Å². The van der Waals surface area contributed by atoms with Crippen LogP contribution in [0.15, 0.2) is 11.6 Å². The highest BCUT2D eigenvalue weighted by Gasteiger charge is 2.58. The van der Waals surface area contributed by atoms with Crippen LogP contribution in [0.1, 0.15) is 112 Å². The lowest BCUT2D eigenvalue weighted by atomic mass is 9.46. The van der Waals surface area contributed by atoms with Crippen LogP contribution in [-0.2, 0) is 0 Å². The first-order valence-electron chi connectivity index (χ1n) is 13.0. The van der Waals surface area contributed by atoms with Gasteiger partial charge < -0.3 is 0 Å². The molecule has 0 aromatic rings. The SMILES string of the molecule is CC(C)CCC[C@@H](C)[C@H]1CC[C@H]2C3=CC[C@H]4[C@@H](C)CCC[C@]4(C)[C@H]3CC[C@]12C. The minimum atomic E-state index is 0.600. The number of rotatable bonds is 5. The summed E-state index contributed by atoms with van der Waals surface area (Å²) in [6.45, 7) is 15.3. The van der Waals surface area contributed by atoms with E-state index in [2.05, 4.69) is 47.6 Å². The molecule has 0 nitrogen and oxygen atoms in total. The minimum Gasteiger partial charge on any atom is -0.0844 e. The molecule has 160 valence electrons. The fraction of sp³-hybridized carbons (Fsp3) is 0.929. The van der Waals surface area contributed by atoms with Gasteiger partial charge in [0.05, 0.1) is 0 Å². The van der Waals surface area contributed by atoms with Gasteiger partial charge in [-0.1, -0.05) is 85.3 Å². The van der Waals surface area contributed by atoms with Crippen molar-refractivity contribution in [2.45, 2.75) is 112 Å². The summed E-state index contributed by atoms with van der Waals surface area (Å²) in [6.07, 6.45) is 19.0. The van der Waals surface area contributed by atoms with Gasteiger partial charge in [0.25, 0.3) is 0 Å². The first-order chi connectivity index (χ1) is 13.3. The first kappa shape index (κ1) is 21.0. The topological polar surface area (TPSA) is 0 Å². The Morgan fingerprint density at radius 3 is 2.43 bits per heavy atom. The highest BCUT2D eigenvalue weighted by atomic mass is 14.6. The molecule has 4 aliphatic rings. The molecule has 0 spiro atoms. The molecule has 0 amide bonds. The number of hydrogen-bond donors (Lipinski definition) is 0. The molecule has 0 radical (unpaired) electrons. The average molecular weight is 385 g/mol. The second kappa shape index (κ2) is 7.77. The second-order valence-electron chi connectivity index (χ2n) is 12.6. The third kappa shape index (κ3) is 3.33. The summed E-state index contributed by atoms with van der Waals surface area (Å²) in [4.78, 5) is 0. The van der Waals surface area contributed by atoms with Crippen LogP contribution in [0, 0.1) is 52.3 Å². The molecule has 0 aliphatic heterocycles. The third-order valence-electron chi connectivity index (χ3n) is 10.6. The van der Waals surface area contributed by atoms with Crippen molar-refractivity contribution in [2.75, 3.05) is 0 Å². The quantitative estimate of drug-likeness (QED) is 0.416. The predicted molar refractivity (Wildman–Crippen MR) is 122 cm³/mol. The lowest BCUT2D eigenvalue weighted by molar-refractivity contribution is -0.0286. The summed E-state index contributed by atoms with van der Waals surface area (Å²) >= 11 is 0. The smallest absolute Gasteiger partial charge is 0.0143 e. The highest BCUT2D eigenvalue weighted by Crippen LogP contribution is 2.67. The van der Waals surface area contributed by atoms with Crippen molar-refractivity contribution in [1.29, 1.82) is 0 Å². The molecule has 0 unspecified atom stereocenters. The predicted octanol–water partition coefficient (Wildman–Crippen LogP) is 8.66. The van der Waals surface area contributed by atoms with Gasteiger partial charge in [0.15, 0.2) is 0 Å². The molecule has 3 saturated carbocycles. The molecule has 8 atom stereocenters. The molecule has 0 saturated heterocycles. The van der Waals surface area contributed by atoms with Gasteiger partial charge in [0.1, 0.15) is 0 Å². The van der Waals surface area contributed by atoms with Crippen LogP contribution in [0.3, 0.4) is 0 Å². The van der Waals surface area contributed by atoms with Gasteiger partial charge in [-0.3, -0.25) is 0 Å². The zero-order chi connectivity index (χ0) is 20.1. The fourth-order valence-electron chi connectivity index (χ4n) is 9.05. The van der Waals surface area contributed by atoms with Crippen molar-refractivity contribution in [3.8, 4) is 0 Å². The Bertz CT molecular complexity index is 585. The maximum Gasteiger partial charge on any atom is -0.0143 e. The Labute approximate surface area is 176 Å². The maximum atomic E-state index is 2.80. The molecule has 4 rings (SSSR count). The van der Waals surface area contributed by atoms with E-state index >= 15 is 0 Å².